The fraction of sp³-hybridized carbons (Fsp3) is 0.375. The van der Waals surface area contributed by atoms with Crippen molar-refractivity contribution in [2.24, 2.45) is 0 Å². The molecule has 0 aliphatic carbocycles. The average molecular weight is 488 g/mol. The van der Waals surface area contributed by atoms with E-state index in [1.165, 1.54) is 19.1 Å². The lowest BCUT2D eigenvalue weighted by molar-refractivity contribution is -0.130. The Labute approximate surface area is 197 Å². The third kappa shape index (κ3) is 4.04. The lowest BCUT2D eigenvalue weighted by Gasteiger charge is -2.40. The zero-order chi connectivity index (χ0) is 24.9. The van der Waals surface area contributed by atoms with E-state index >= 15 is 0 Å². The quantitative estimate of drug-likeness (QED) is 0.510. The predicted molar refractivity (Wildman–Crippen MR) is 120 cm³/mol. The molecule has 11 heteroatoms. The largest absolute Gasteiger partial charge is 0.378 e. The van der Waals surface area contributed by atoms with Crippen LogP contribution in [0.25, 0.3) is 10.9 Å². The average Bonchev–Trinajstić information content (AvgIpc) is 3.10. The summed E-state index contributed by atoms with van der Waals surface area (Å²) in [6.45, 7) is 1.98. The Morgan fingerprint density at radius 1 is 1.17 bits per heavy atom. The summed E-state index contributed by atoms with van der Waals surface area (Å²) in [5.74, 6) is -3.01. The summed E-state index contributed by atoms with van der Waals surface area (Å²) >= 11 is 0. The van der Waals surface area contributed by atoms with Gasteiger partial charge in [0.1, 0.15) is 23.5 Å². The first-order valence-corrected chi connectivity index (χ1v) is 11.2. The van der Waals surface area contributed by atoms with Crippen molar-refractivity contribution in [2.45, 2.75) is 43.4 Å². The zero-order valence-corrected chi connectivity index (χ0v) is 18.7. The molecule has 2 saturated heterocycles. The number of carbonyl (C=O) groups excluding carboxylic acids is 1. The Morgan fingerprint density at radius 3 is 2.69 bits per heavy atom. The molecule has 2 fully saturated rings. The van der Waals surface area contributed by atoms with E-state index < -0.39 is 52.2 Å². The van der Waals surface area contributed by atoms with Crippen LogP contribution in [0.4, 0.5) is 13.2 Å². The molecule has 2 aliphatic heterocycles. The van der Waals surface area contributed by atoms with E-state index in [-0.39, 0.29) is 29.1 Å². The molecule has 5 rings (SSSR count). The Kier molecular flexibility index (Phi) is 5.76. The molecule has 0 unspecified atom stereocenters. The van der Waals surface area contributed by atoms with Gasteiger partial charge in [0, 0.05) is 17.7 Å². The Hall–Kier alpha value is -3.44. The second-order valence-corrected chi connectivity index (χ2v) is 9.15. The number of nitrogens with zero attached hydrogens (tertiary/aromatic N) is 1. The number of amides is 1. The summed E-state index contributed by atoms with van der Waals surface area (Å²) in [6.07, 6.45) is 1.09. The highest BCUT2D eigenvalue weighted by Gasteiger charge is 2.52. The summed E-state index contributed by atoms with van der Waals surface area (Å²) in [5, 5.41) is 5.90. The monoisotopic (exact) mass is 488 g/mol. The van der Waals surface area contributed by atoms with Gasteiger partial charge in [0.05, 0.1) is 35.7 Å². The number of morpholine rings is 1. The molecule has 8 nitrogen and oxygen atoms in total. The summed E-state index contributed by atoms with van der Waals surface area (Å²) in [7, 11) is 0. The molecule has 2 aromatic carbocycles. The summed E-state index contributed by atoms with van der Waals surface area (Å²) in [4.78, 5) is 42.8. The van der Waals surface area contributed by atoms with Gasteiger partial charge in [0.15, 0.2) is 0 Å². The van der Waals surface area contributed by atoms with Crippen molar-refractivity contribution >= 4 is 16.8 Å². The number of H-pyrrole nitrogens is 1. The normalized spacial score (nSPS) is 23.3. The predicted octanol–water partition coefficient (Wildman–Crippen LogP) is 2.05. The van der Waals surface area contributed by atoms with Crippen LogP contribution in [0.1, 0.15) is 37.4 Å². The van der Waals surface area contributed by atoms with Crippen molar-refractivity contribution in [1.82, 2.24) is 20.2 Å². The maximum absolute atomic E-state index is 14.3. The van der Waals surface area contributed by atoms with Crippen LogP contribution in [0.5, 0.6) is 0 Å². The Morgan fingerprint density at radius 2 is 1.91 bits per heavy atom. The summed E-state index contributed by atoms with van der Waals surface area (Å²) < 4.78 is 48.1. The maximum Gasteiger partial charge on any atom is 0.329 e. The van der Waals surface area contributed by atoms with Gasteiger partial charge in [-0.2, -0.15) is 0 Å². The van der Waals surface area contributed by atoms with Gasteiger partial charge in [0.25, 0.3) is 5.56 Å². The van der Waals surface area contributed by atoms with E-state index in [4.69, 9.17) is 4.74 Å². The Balaban J connectivity index is 1.62. The lowest BCUT2D eigenvalue weighted by atomic mass is 9.87. The third-order valence-electron chi connectivity index (χ3n) is 6.82. The molecule has 1 amide bonds. The zero-order valence-electron chi connectivity index (χ0n) is 18.7. The topological polar surface area (TPSA) is 105 Å². The number of aromatic amines is 1. The first-order chi connectivity index (χ1) is 16.7. The van der Waals surface area contributed by atoms with E-state index in [2.05, 4.69) is 15.6 Å². The lowest BCUT2D eigenvalue weighted by Crippen LogP contribution is -2.64. The smallest absolute Gasteiger partial charge is 0.329 e. The number of nitrogens with one attached hydrogen (secondary N) is 3. The molecule has 3 heterocycles. The molecule has 3 N–H and O–H groups in total. The van der Waals surface area contributed by atoms with Crippen LogP contribution in [0.3, 0.4) is 0 Å². The van der Waals surface area contributed by atoms with Crippen LogP contribution in [-0.2, 0) is 9.53 Å². The second-order valence-electron chi connectivity index (χ2n) is 9.15. The second kappa shape index (κ2) is 8.65. The molecule has 3 aromatic rings. The van der Waals surface area contributed by atoms with Gasteiger partial charge >= 0.3 is 5.69 Å². The number of hydrogen-bond acceptors (Lipinski definition) is 5. The van der Waals surface area contributed by atoms with Crippen molar-refractivity contribution in [3.8, 4) is 0 Å². The van der Waals surface area contributed by atoms with E-state index in [1.807, 2.05) is 0 Å². The first kappa shape index (κ1) is 23.3. The van der Waals surface area contributed by atoms with Crippen LogP contribution in [0, 0.1) is 17.5 Å². The number of fused-ring (bicyclic) bond motifs is 3. The van der Waals surface area contributed by atoms with Gasteiger partial charge < -0.3 is 20.4 Å². The molecule has 0 spiro atoms. The summed E-state index contributed by atoms with van der Waals surface area (Å²) in [6, 6.07) is 4.02. The van der Waals surface area contributed by atoms with E-state index in [9.17, 15) is 27.6 Å². The van der Waals surface area contributed by atoms with Gasteiger partial charge in [-0.15, -0.1) is 0 Å². The van der Waals surface area contributed by atoms with Gasteiger partial charge in [-0.3, -0.25) is 9.59 Å². The number of carbonyl (C=O) groups is 1. The highest BCUT2D eigenvalue weighted by molar-refractivity contribution is 5.83. The molecule has 1 aromatic heterocycles. The highest BCUT2D eigenvalue weighted by Crippen LogP contribution is 2.37. The number of aromatic nitrogens is 2. The van der Waals surface area contributed by atoms with Crippen LogP contribution in [0.2, 0.25) is 0 Å². The maximum atomic E-state index is 14.3. The van der Waals surface area contributed by atoms with Crippen LogP contribution < -0.4 is 21.9 Å². The van der Waals surface area contributed by atoms with Crippen molar-refractivity contribution in [3.63, 3.8) is 0 Å². The van der Waals surface area contributed by atoms with Crippen LogP contribution in [-0.4, -0.2) is 40.3 Å². The number of rotatable bonds is 5. The van der Waals surface area contributed by atoms with Gasteiger partial charge in [0.2, 0.25) is 5.91 Å². The highest BCUT2D eigenvalue weighted by atomic mass is 19.1. The minimum absolute atomic E-state index is 0.0370. The van der Waals surface area contributed by atoms with E-state index in [1.54, 1.807) is 0 Å². The first-order valence-electron chi connectivity index (χ1n) is 11.2. The SMILES string of the molecule is C[C@@H](NC(=O)[C@H](n1c(=O)[nH]c2ccc(F)cc2c1=O)[C@]12CC[C@H](COC1)N2)c1ccc(F)cc1F. The fourth-order valence-corrected chi connectivity index (χ4v) is 5.17. The van der Waals surface area contributed by atoms with Crippen LogP contribution in [0.15, 0.2) is 46.0 Å². The molecular formula is C24H23F3N4O4. The molecule has 35 heavy (non-hydrogen) atoms. The van der Waals surface area contributed by atoms with Crippen molar-refractivity contribution < 1.29 is 22.7 Å². The molecule has 4 atom stereocenters. The number of ether oxygens (including phenoxy) is 1. The minimum atomic E-state index is -1.39. The molecule has 0 saturated carbocycles. The van der Waals surface area contributed by atoms with Gasteiger partial charge in [-0.25, -0.2) is 22.5 Å². The van der Waals surface area contributed by atoms with Crippen LogP contribution >= 0.6 is 0 Å². The molecule has 184 valence electrons. The van der Waals surface area contributed by atoms with E-state index in [0.29, 0.717) is 25.5 Å². The Bertz CT molecular complexity index is 1430. The molecule has 0 radical (unpaired) electrons. The summed E-state index contributed by atoms with van der Waals surface area (Å²) in [5.41, 5.74) is -2.61. The van der Waals surface area contributed by atoms with E-state index in [0.717, 1.165) is 22.8 Å². The van der Waals surface area contributed by atoms with Gasteiger partial charge in [-0.1, -0.05) is 6.07 Å². The number of benzene rings is 2. The van der Waals surface area contributed by atoms with Crippen molar-refractivity contribution in [2.75, 3.05) is 13.2 Å². The fourth-order valence-electron chi connectivity index (χ4n) is 5.17. The third-order valence-corrected chi connectivity index (χ3v) is 6.82. The molecule has 2 aliphatic rings. The number of hydrogen-bond donors (Lipinski definition) is 3. The van der Waals surface area contributed by atoms with Gasteiger partial charge in [-0.05, 0) is 44.0 Å². The minimum Gasteiger partial charge on any atom is -0.378 e. The molecular weight excluding hydrogens is 465 g/mol. The van der Waals surface area contributed by atoms with Crippen molar-refractivity contribution in [3.05, 3.63) is 80.3 Å². The van der Waals surface area contributed by atoms with Crippen molar-refractivity contribution in [1.29, 1.82) is 0 Å². The standard InChI is InChI=1S/C24H23F3N4O4/c1-12(16-4-2-14(26)9-18(16)27)28-21(32)20(24-7-6-15(30-24)10-35-11-24)31-22(33)17-8-13(25)3-5-19(17)29-23(31)34/h2-5,8-9,12,15,20,30H,6-7,10-11H2,1H3,(H,28,32)(H,29,34)/t12-,15-,20+,24+/m1/s1. The molecule has 2 bridgehead atoms. The number of halogens is 3.